The molecule has 2 saturated heterocycles. The fraction of sp³-hybridized carbons (Fsp3) is 0.526. The smallest absolute Gasteiger partial charge is 0.326 e. The van der Waals surface area contributed by atoms with Gasteiger partial charge in [-0.2, -0.15) is 11.8 Å². The third-order valence-electron chi connectivity index (χ3n) is 5.56. The van der Waals surface area contributed by atoms with Crippen LogP contribution in [0.15, 0.2) is 24.3 Å². The summed E-state index contributed by atoms with van der Waals surface area (Å²) in [6.07, 6.45) is 2.37. The Balaban J connectivity index is 2.11. The van der Waals surface area contributed by atoms with E-state index in [0.29, 0.717) is 12.2 Å². The molecule has 6 nitrogen and oxygen atoms in total. The van der Waals surface area contributed by atoms with Gasteiger partial charge in [-0.3, -0.25) is 24.6 Å². The molecule has 140 valence electrons. The molecule has 1 aromatic rings. The molecule has 2 aliphatic heterocycles. The number of rotatable bonds is 5. The van der Waals surface area contributed by atoms with Crippen LogP contribution in [0.4, 0.5) is 0 Å². The van der Waals surface area contributed by atoms with Crippen LogP contribution in [0.3, 0.4) is 0 Å². The lowest BCUT2D eigenvalue weighted by Crippen LogP contribution is -2.56. The number of ether oxygens (including phenoxy) is 1. The van der Waals surface area contributed by atoms with Crippen molar-refractivity contribution in [1.29, 1.82) is 0 Å². The third-order valence-corrected chi connectivity index (χ3v) is 6.17. The predicted octanol–water partition coefficient (Wildman–Crippen LogP) is 1.54. The highest BCUT2D eigenvalue weighted by Crippen LogP contribution is 2.50. The molecule has 2 amide bonds. The minimum atomic E-state index is -1.19. The number of likely N-dealkylation sites (tertiary alicyclic amines) is 1. The van der Waals surface area contributed by atoms with E-state index in [4.69, 9.17) is 4.74 Å². The first-order valence-electron chi connectivity index (χ1n) is 8.60. The molecule has 2 aliphatic rings. The van der Waals surface area contributed by atoms with E-state index < -0.39 is 29.4 Å². The van der Waals surface area contributed by atoms with Gasteiger partial charge in [0.25, 0.3) is 0 Å². The van der Waals surface area contributed by atoms with Gasteiger partial charge in [0, 0.05) is 13.1 Å². The van der Waals surface area contributed by atoms with Crippen molar-refractivity contribution in [3.05, 3.63) is 35.4 Å². The summed E-state index contributed by atoms with van der Waals surface area (Å²) < 4.78 is 5.07. The number of carbonyl (C=O) groups is 3. The molecule has 0 radical (unpaired) electrons. The third kappa shape index (κ3) is 2.74. The zero-order chi connectivity index (χ0) is 19.1. The Bertz CT molecular complexity index is 736. The second-order valence-electron chi connectivity index (χ2n) is 6.98. The molecule has 1 N–H and O–H groups in total. The van der Waals surface area contributed by atoms with E-state index in [1.165, 1.54) is 14.2 Å². The Morgan fingerprint density at radius 1 is 1.27 bits per heavy atom. The van der Waals surface area contributed by atoms with E-state index in [-0.39, 0.29) is 11.8 Å². The molecule has 7 heteroatoms. The molecule has 0 unspecified atom stereocenters. The fourth-order valence-corrected chi connectivity index (χ4v) is 4.70. The van der Waals surface area contributed by atoms with E-state index in [1.807, 2.05) is 37.4 Å². The maximum atomic E-state index is 12.9. The molecule has 0 saturated carbocycles. The van der Waals surface area contributed by atoms with E-state index in [0.717, 1.165) is 16.0 Å². The molecular formula is C19H24N2O4S. The molecule has 1 aromatic carbocycles. The maximum absolute atomic E-state index is 12.9. The van der Waals surface area contributed by atoms with Gasteiger partial charge in [0.15, 0.2) is 0 Å². The van der Waals surface area contributed by atoms with Crippen molar-refractivity contribution in [1.82, 2.24) is 10.2 Å². The number of methoxy groups -OCH3 is 1. The number of aryl methyl sites for hydroxylation is 1. The van der Waals surface area contributed by atoms with E-state index in [1.54, 1.807) is 11.8 Å². The topological polar surface area (TPSA) is 75.7 Å². The molecule has 0 spiro atoms. The number of thioether (sulfide) groups is 1. The fourth-order valence-electron chi connectivity index (χ4n) is 4.17. The highest BCUT2D eigenvalue weighted by atomic mass is 32.2. The number of nitrogens with one attached hydrogen (secondary N) is 1. The van der Waals surface area contributed by atoms with Crippen LogP contribution in [0, 0.1) is 18.8 Å². The number of hydrogen-bond acceptors (Lipinski definition) is 6. The maximum Gasteiger partial charge on any atom is 0.326 e. The van der Waals surface area contributed by atoms with Crippen molar-refractivity contribution in [2.75, 3.05) is 26.2 Å². The molecule has 3 rings (SSSR count). The number of fused-ring (bicyclic) bond motifs is 1. The summed E-state index contributed by atoms with van der Waals surface area (Å²) in [5.74, 6) is -1.70. The molecule has 0 bridgehead atoms. The Labute approximate surface area is 157 Å². The number of esters is 1. The molecule has 2 heterocycles. The standard InChI is InChI=1S/C19H24N2O4S/c1-11-5-7-12(8-6-11)15-13-14(17(23)21(2)16(13)22)19(20-15,9-10-26-4)18(24)25-3/h5-8,13-15,20H,9-10H2,1-4H3/t13-,14-,15+,19+/m0/s1. The number of carbonyl (C=O) groups excluding carboxylic acids is 3. The van der Waals surface area contributed by atoms with Crippen molar-refractivity contribution in [3.8, 4) is 0 Å². The van der Waals surface area contributed by atoms with Gasteiger partial charge in [0.1, 0.15) is 5.54 Å². The number of nitrogens with zero attached hydrogens (tertiary/aromatic N) is 1. The molecule has 0 aromatic heterocycles. The molecule has 4 atom stereocenters. The van der Waals surface area contributed by atoms with Crippen LogP contribution in [0.1, 0.15) is 23.6 Å². The second-order valence-corrected chi connectivity index (χ2v) is 7.96. The summed E-state index contributed by atoms with van der Waals surface area (Å²) in [5, 5.41) is 3.35. The van der Waals surface area contributed by atoms with E-state index in [2.05, 4.69) is 5.32 Å². The quantitative estimate of drug-likeness (QED) is 0.621. The van der Waals surface area contributed by atoms with Crippen LogP contribution in [-0.4, -0.2) is 54.4 Å². The largest absolute Gasteiger partial charge is 0.468 e. The Hall–Kier alpha value is -1.86. The monoisotopic (exact) mass is 376 g/mol. The minimum Gasteiger partial charge on any atom is -0.468 e. The van der Waals surface area contributed by atoms with Gasteiger partial charge in [0.2, 0.25) is 11.8 Å². The molecule has 26 heavy (non-hydrogen) atoms. The van der Waals surface area contributed by atoms with Crippen LogP contribution in [0.5, 0.6) is 0 Å². The van der Waals surface area contributed by atoms with Crippen molar-refractivity contribution in [3.63, 3.8) is 0 Å². The number of amides is 2. The van der Waals surface area contributed by atoms with Crippen LogP contribution in [-0.2, 0) is 19.1 Å². The van der Waals surface area contributed by atoms with Gasteiger partial charge in [-0.15, -0.1) is 0 Å². The van der Waals surface area contributed by atoms with Crippen LogP contribution in [0.25, 0.3) is 0 Å². The van der Waals surface area contributed by atoms with Gasteiger partial charge in [0.05, 0.1) is 18.9 Å². The van der Waals surface area contributed by atoms with Gasteiger partial charge in [-0.05, 0) is 30.9 Å². The first-order chi connectivity index (χ1) is 12.4. The zero-order valence-corrected chi connectivity index (χ0v) is 16.3. The van der Waals surface area contributed by atoms with Crippen LogP contribution in [0.2, 0.25) is 0 Å². The summed E-state index contributed by atoms with van der Waals surface area (Å²) in [6, 6.07) is 7.43. The second kappa shape index (κ2) is 7.04. The summed E-state index contributed by atoms with van der Waals surface area (Å²) in [7, 11) is 2.82. The van der Waals surface area contributed by atoms with Crippen LogP contribution >= 0.6 is 11.8 Å². The van der Waals surface area contributed by atoms with E-state index >= 15 is 0 Å². The predicted molar refractivity (Wildman–Crippen MR) is 99.6 cm³/mol. The number of hydrogen-bond donors (Lipinski definition) is 1. The average molecular weight is 376 g/mol. The van der Waals surface area contributed by atoms with Crippen molar-refractivity contribution < 1.29 is 19.1 Å². The average Bonchev–Trinajstić information content (AvgIpc) is 3.10. The Morgan fingerprint density at radius 2 is 1.92 bits per heavy atom. The first-order valence-corrected chi connectivity index (χ1v) is 9.99. The van der Waals surface area contributed by atoms with Gasteiger partial charge < -0.3 is 4.74 Å². The number of benzene rings is 1. The molecule has 2 fully saturated rings. The van der Waals surface area contributed by atoms with Crippen molar-refractivity contribution in [2.45, 2.75) is 24.9 Å². The van der Waals surface area contributed by atoms with Gasteiger partial charge in [-0.25, -0.2) is 0 Å². The number of imide groups is 1. The van der Waals surface area contributed by atoms with Crippen molar-refractivity contribution >= 4 is 29.5 Å². The Kier molecular flexibility index (Phi) is 5.12. The molecular weight excluding hydrogens is 352 g/mol. The summed E-state index contributed by atoms with van der Waals surface area (Å²) in [5.41, 5.74) is 0.822. The SMILES string of the molecule is COC(=O)[C@]1(CCSC)N[C@H](c2ccc(C)cc2)[C@H]2C(=O)N(C)C(=O)[C@H]21. The summed E-state index contributed by atoms with van der Waals surface area (Å²) in [6.45, 7) is 1.99. The summed E-state index contributed by atoms with van der Waals surface area (Å²) >= 11 is 1.59. The molecule has 0 aliphatic carbocycles. The highest BCUT2D eigenvalue weighted by molar-refractivity contribution is 7.98. The lowest BCUT2D eigenvalue weighted by molar-refractivity contribution is -0.154. The van der Waals surface area contributed by atoms with Gasteiger partial charge in [-0.1, -0.05) is 29.8 Å². The van der Waals surface area contributed by atoms with E-state index in [9.17, 15) is 14.4 Å². The zero-order valence-electron chi connectivity index (χ0n) is 15.4. The lowest BCUT2D eigenvalue weighted by Gasteiger charge is -2.32. The lowest BCUT2D eigenvalue weighted by atomic mass is 9.78. The highest BCUT2D eigenvalue weighted by Gasteiger charge is 2.67. The van der Waals surface area contributed by atoms with Gasteiger partial charge >= 0.3 is 5.97 Å². The summed E-state index contributed by atoms with van der Waals surface area (Å²) in [4.78, 5) is 39.7. The normalized spacial score (nSPS) is 30.6. The van der Waals surface area contributed by atoms with Crippen molar-refractivity contribution in [2.24, 2.45) is 11.8 Å². The minimum absolute atomic E-state index is 0.243. The Morgan fingerprint density at radius 3 is 2.50 bits per heavy atom. The van der Waals surface area contributed by atoms with Crippen LogP contribution < -0.4 is 5.32 Å². The first kappa shape index (κ1) is 18.9.